The lowest BCUT2D eigenvalue weighted by Gasteiger charge is -2.05. The van der Waals surface area contributed by atoms with Crippen LogP contribution in [0.1, 0.15) is 0 Å². The van der Waals surface area contributed by atoms with Gasteiger partial charge in [-0.25, -0.2) is 9.37 Å². The monoisotopic (exact) mass is 251 g/mol. The lowest BCUT2D eigenvalue weighted by Crippen LogP contribution is -1.91. The topological polar surface area (TPSA) is 38.7 Å². The molecule has 0 aliphatic rings. The first-order chi connectivity index (χ1) is 9.33. The van der Waals surface area contributed by atoms with Crippen molar-refractivity contribution in [2.75, 3.05) is 0 Å². The highest BCUT2D eigenvalue weighted by Crippen LogP contribution is 2.23. The van der Waals surface area contributed by atoms with Crippen LogP contribution in [0.4, 0.5) is 4.39 Å². The van der Waals surface area contributed by atoms with Crippen LogP contribution < -0.4 is 0 Å². The molecule has 4 heteroatoms. The molecule has 0 bridgehead atoms. The van der Waals surface area contributed by atoms with Gasteiger partial charge in [-0.05, 0) is 24.3 Å². The first kappa shape index (κ1) is 11.5. The molecule has 0 aliphatic carbocycles. The minimum absolute atomic E-state index is 0.326. The van der Waals surface area contributed by atoms with E-state index >= 15 is 0 Å². The Bertz CT molecular complexity index is 627. The minimum Gasteiger partial charge on any atom is -0.264 e. The Morgan fingerprint density at radius 2 is 1.32 bits per heavy atom. The Hall–Kier alpha value is -2.62. The number of hydrogen-bond donors (Lipinski definition) is 0. The fourth-order valence-corrected chi connectivity index (χ4v) is 1.82. The predicted molar refractivity (Wildman–Crippen MR) is 70.7 cm³/mol. The van der Waals surface area contributed by atoms with E-state index < -0.39 is 0 Å². The van der Waals surface area contributed by atoms with Crippen molar-refractivity contribution in [1.29, 1.82) is 0 Å². The van der Waals surface area contributed by atoms with Gasteiger partial charge in [0, 0.05) is 48.0 Å². The molecular formula is C15H10FN3. The van der Waals surface area contributed by atoms with E-state index in [-0.39, 0.29) is 5.82 Å². The van der Waals surface area contributed by atoms with E-state index in [2.05, 4.69) is 15.0 Å². The summed E-state index contributed by atoms with van der Waals surface area (Å²) in [5.41, 5.74) is 2.69. The van der Waals surface area contributed by atoms with E-state index in [0.29, 0.717) is 11.4 Å². The van der Waals surface area contributed by atoms with Crippen molar-refractivity contribution in [3.05, 3.63) is 67.0 Å². The normalized spacial score (nSPS) is 10.4. The van der Waals surface area contributed by atoms with Gasteiger partial charge < -0.3 is 0 Å². The molecule has 0 N–H and O–H groups in total. The van der Waals surface area contributed by atoms with Crippen LogP contribution >= 0.6 is 0 Å². The maximum Gasteiger partial charge on any atom is 0.127 e. The Morgan fingerprint density at radius 3 is 1.74 bits per heavy atom. The van der Waals surface area contributed by atoms with Crippen molar-refractivity contribution in [3.63, 3.8) is 0 Å². The van der Waals surface area contributed by atoms with Crippen LogP contribution in [0.3, 0.4) is 0 Å². The Labute approximate surface area is 109 Å². The molecule has 3 aromatic heterocycles. The smallest absolute Gasteiger partial charge is 0.127 e. The zero-order valence-corrected chi connectivity index (χ0v) is 9.99. The second-order valence-electron chi connectivity index (χ2n) is 4.04. The van der Waals surface area contributed by atoms with Gasteiger partial charge in [0.25, 0.3) is 0 Å². The average molecular weight is 251 g/mol. The summed E-state index contributed by atoms with van der Waals surface area (Å²) in [6.07, 6.45) is 6.67. The van der Waals surface area contributed by atoms with E-state index in [1.165, 1.54) is 12.1 Å². The molecule has 3 rings (SSSR count). The third-order valence-corrected chi connectivity index (χ3v) is 2.70. The Kier molecular flexibility index (Phi) is 2.98. The van der Waals surface area contributed by atoms with Gasteiger partial charge >= 0.3 is 0 Å². The van der Waals surface area contributed by atoms with Gasteiger partial charge in [-0.1, -0.05) is 0 Å². The second-order valence-corrected chi connectivity index (χ2v) is 4.04. The molecule has 3 heterocycles. The average Bonchev–Trinajstić information content (AvgIpc) is 2.48. The van der Waals surface area contributed by atoms with Crippen molar-refractivity contribution >= 4 is 0 Å². The molecule has 0 aromatic carbocycles. The molecule has 92 valence electrons. The summed E-state index contributed by atoms with van der Waals surface area (Å²) < 4.78 is 13.7. The molecule has 3 nitrogen and oxygen atoms in total. The number of rotatable bonds is 2. The fraction of sp³-hybridized carbons (Fsp3) is 0. The number of halogens is 1. The molecule has 3 aromatic rings. The summed E-state index contributed by atoms with van der Waals surface area (Å²) in [6.45, 7) is 0. The summed E-state index contributed by atoms with van der Waals surface area (Å²) in [6, 6.07) is 10.1. The molecular weight excluding hydrogens is 241 g/mol. The van der Waals surface area contributed by atoms with E-state index in [1.54, 1.807) is 36.9 Å². The van der Waals surface area contributed by atoms with Crippen molar-refractivity contribution in [2.45, 2.75) is 0 Å². The second kappa shape index (κ2) is 4.94. The van der Waals surface area contributed by atoms with E-state index in [0.717, 1.165) is 11.1 Å². The number of hydrogen-bond acceptors (Lipinski definition) is 3. The van der Waals surface area contributed by atoms with Crippen LogP contribution in [0.25, 0.3) is 22.5 Å². The maximum absolute atomic E-state index is 13.7. The number of pyridine rings is 3. The fourth-order valence-electron chi connectivity index (χ4n) is 1.82. The molecule has 0 saturated heterocycles. The summed E-state index contributed by atoms with van der Waals surface area (Å²) in [4.78, 5) is 12.5. The highest BCUT2D eigenvalue weighted by Gasteiger charge is 2.07. The van der Waals surface area contributed by atoms with Gasteiger partial charge in [-0.15, -0.1) is 0 Å². The highest BCUT2D eigenvalue weighted by molar-refractivity contribution is 5.65. The molecule has 0 atom stereocenters. The Morgan fingerprint density at radius 1 is 0.789 bits per heavy atom. The van der Waals surface area contributed by atoms with E-state index in [4.69, 9.17) is 0 Å². The van der Waals surface area contributed by atoms with Gasteiger partial charge in [-0.2, -0.15) is 0 Å². The molecule has 0 saturated carbocycles. The third kappa shape index (κ3) is 2.47. The van der Waals surface area contributed by atoms with Gasteiger partial charge in [0.2, 0.25) is 0 Å². The van der Waals surface area contributed by atoms with E-state index in [9.17, 15) is 4.39 Å². The van der Waals surface area contributed by atoms with Gasteiger partial charge in [-0.3, -0.25) is 9.97 Å². The zero-order chi connectivity index (χ0) is 13.1. The largest absolute Gasteiger partial charge is 0.264 e. The van der Waals surface area contributed by atoms with Gasteiger partial charge in [0.05, 0.1) is 11.4 Å². The highest BCUT2D eigenvalue weighted by atomic mass is 19.1. The van der Waals surface area contributed by atoms with Crippen LogP contribution in [0.15, 0.2) is 61.2 Å². The molecule has 0 radical (unpaired) electrons. The third-order valence-electron chi connectivity index (χ3n) is 2.70. The van der Waals surface area contributed by atoms with Gasteiger partial charge in [0.1, 0.15) is 5.82 Å². The molecule has 0 fully saturated rings. The van der Waals surface area contributed by atoms with Crippen LogP contribution in [-0.4, -0.2) is 15.0 Å². The van der Waals surface area contributed by atoms with Crippen molar-refractivity contribution < 1.29 is 4.39 Å². The molecule has 0 amide bonds. The van der Waals surface area contributed by atoms with Crippen molar-refractivity contribution in [2.24, 2.45) is 0 Å². The summed E-state index contributed by atoms with van der Waals surface area (Å²) in [7, 11) is 0. The van der Waals surface area contributed by atoms with Gasteiger partial charge in [0.15, 0.2) is 0 Å². The SMILES string of the molecule is Fc1cc(-c2cccnc2)nc(-c2cccnc2)c1. The summed E-state index contributed by atoms with van der Waals surface area (Å²) >= 11 is 0. The van der Waals surface area contributed by atoms with Crippen molar-refractivity contribution in [3.8, 4) is 22.5 Å². The molecule has 0 spiro atoms. The van der Waals surface area contributed by atoms with Crippen LogP contribution in [0, 0.1) is 5.82 Å². The van der Waals surface area contributed by atoms with Crippen molar-refractivity contribution in [1.82, 2.24) is 15.0 Å². The standard InChI is InChI=1S/C15H10FN3/c16-13-7-14(11-3-1-5-17-9-11)19-15(8-13)12-4-2-6-18-10-12/h1-10H. The number of aromatic nitrogens is 3. The van der Waals surface area contributed by atoms with E-state index in [1.807, 2.05) is 12.1 Å². The summed E-state index contributed by atoms with van der Waals surface area (Å²) in [5, 5.41) is 0. The Balaban J connectivity index is 2.12. The predicted octanol–water partition coefficient (Wildman–Crippen LogP) is 3.34. The first-order valence-corrected chi connectivity index (χ1v) is 5.81. The number of nitrogens with zero attached hydrogens (tertiary/aromatic N) is 3. The lowest BCUT2D eigenvalue weighted by molar-refractivity contribution is 0.627. The lowest BCUT2D eigenvalue weighted by atomic mass is 10.1. The minimum atomic E-state index is -0.326. The van der Waals surface area contributed by atoms with Crippen LogP contribution in [0.5, 0.6) is 0 Å². The van der Waals surface area contributed by atoms with Crippen LogP contribution in [-0.2, 0) is 0 Å². The molecule has 19 heavy (non-hydrogen) atoms. The zero-order valence-electron chi connectivity index (χ0n) is 9.99. The maximum atomic E-state index is 13.7. The first-order valence-electron chi connectivity index (χ1n) is 5.81. The summed E-state index contributed by atoms with van der Waals surface area (Å²) in [5.74, 6) is -0.326. The molecule has 0 unspecified atom stereocenters. The quantitative estimate of drug-likeness (QED) is 0.701. The molecule has 0 aliphatic heterocycles. The van der Waals surface area contributed by atoms with Crippen LogP contribution in [0.2, 0.25) is 0 Å².